The van der Waals surface area contributed by atoms with Gasteiger partial charge in [-0.2, -0.15) is 5.26 Å². The third kappa shape index (κ3) is 3.11. The van der Waals surface area contributed by atoms with Gasteiger partial charge in [-0.1, -0.05) is 0 Å². The molecule has 0 spiro atoms. The molecule has 16 heavy (non-hydrogen) atoms. The maximum absolute atomic E-state index is 10.7. The normalized spacial score (nSPS) is 11.1. The van der Waals surface area contributed by atoms with E-state index in [0.717, 1.165) is 4.60 Å². The number of nitrogens with zero attached hydrogens (tertiary/aromatic N) is 2. The first-order valence-corrected chi connectivity index (χ1v) is 5.65. The summed E-state index contributed by atoms with van der Waals surface area (Å²) in [4.78, 5) is 10.7. The van der Waals surface area contributed by atoms with E-state index in [9.17, 15) is 4.79 Å². The summed E-state index contributed by atoms with van der Waals surface area (Å²) in [7, 11) is 0. The molecule has 1 N–H and O–H groups in total. The van der Waals surface area contributed by atoms with Crippen molar-refractivity contribution in [2.24, 2.45) is 5.41 Å². The van der Waals surface area contributed by atoms with Crippen molar-refractivity contribution >= 4 is 21.9 Å². The maximum atomic E-state index is 10.7. The Morgan fingerprint density at radius 2 is 2.31 bits per heavy atom. The van der Waals surface area contributed by atoms with Crippen molar-refractivity contribution in [3.05, 3.63) is 22.4 Å². The van der Waals surface area contributed by atoms with Crippen molar-refractivity contribution in [3.8, 4) is 6.07 Å². The average Bonchev–Trinajstić information content (AvgIpc) is 2.57. The second kappa shape index (κ2) is 4.71. The minimum atomic E-state index is -0.945. The van der Waals surface area contributed by atoms with Gasteiger partial charge in [-0.05, 0) is 42.3 Å². The highest BCUT2D eigenvalue weighted by molar-refractivity contribution is 9.10. The smallest absolute Gasteiger partial charge is 0.337 e. The van der Waals surface area contributed by atoms with E-state index in [1.807, 2.05) is 13.8 Å². The maximum Gasteiger partial charge on any atom is 0.337 e. The zero-order chi connectivity index (χ0) is 12.3. The minimum Gasteiger partial charge on any atom is -0.478 e. The van der Waals surface area contributed by atoms with Crippen LogP contribution in [0.3, 0.4) is 0 Å². The van der Waals surface area contributed by atoms with E-state index in [0.29, 0.717) is 13.0 Å². The predicted octanol–water partition coefficient (Wildman–Crippen LogP) is 2.89. The third-order valence-corrected chi connectivity index (χ3v) is 3.06. The van der Waals surface area contributed by atoms with Crippen LogP contribution in [0.2, 0.25) is 0 Å². The van der Waals surface area contributed by atoms with Crippen LogP contribution < -0.4 is 0 Å². The Bertz CT molecular complexity index is 443. The lowest BCUT2D eigenvalue weighted by atomic mass is 9.91. The predicted molar refractivity (Wildman–Crippen MR) is 63.1 cm³/mol. The number of carboxylic acid groups (broad SMARTS) is 1. The highest BCUT2D eigenvalue weighted by Gasteiger charge is 2.17. The minimum absolute atomic E-state index is 0.252. The summed E-state index contributed by atoms with van der Waals surface area (Å²) < 4.78 is 2.52. The monoisotopic (exact) mass is 284 g/mol. The van der Waals surface area contributed by atoms with Crippen LogP contribution in [0.1, 0.15) is 30.6 Å². The number of halogens is 1. The lowest BCUT2D eigenvalue weighted by Gasteiger charge is -2.15. The second-order valence-electron chi connectivity index (χ2n) is 4.30. The van der Waals surface area contributed by atoms with Crippen LogP contribution in [0.15, 0.2) is 16.9 Å². The van der Waals surface area contributed by atoms with Gasteiger partial charge in [0.05, 0.1) is 21.7 Å². The first-order chi connectivity index (χ1) is 7.35. The van der Waals surface area contributed by atoms with Crippen LogP contribution in [0, 0.1) is 16.7 Å². The van der Waals surface area contributed by atoms with Gasteiger partial charge in [0.1, 0.15) is 0 Å². The SMILES string of the molecule is CC(C)(C#N)CCn1cc(C(=O)O)cc1Br. The number of aryl methyl sites for hydroxylation is 1. The van der Waals surface area contributed by atoms with Crippen molar-refractivity contribution in [2.75, 3.05) is 0 Å². The van der Waals surface area contributed by atoms with Crippen LogP contribution in [0.25, 0.3) is 0 Å². The Hall–Kier alpha value is -1.28. The van der Waals surface area contributed by atoms with Gasteiger partial charge in [0.25, 0.3) is 0 Å². The lowest BCUT2D eigenvalue weighted by Crippen LogP contribution is -2.12. The molecular weight excluding hydrogens is 272 g/mol. The molecule has 0 atom stereocenters. The molecule has 0 radical (unpaired) electrons. The van der Waals surface area contributed by atoms with Crippen molar-refractivity contribution < 1.29 is 9.90 Å². The van der Waals surface area contributed by atoms with Gasteiger partial charge in [-0.3, -0.25) is 0 Å². The van der Waals surface area contributed by atoms with Gasteiger partial charge in [0, 0.05) is 12.7 Å². The molecule has 0 aliphatic rings. The zero-order valence-electron chi connectivity index (χ0n) is 9.20. The summed E-state index contributed by atoms with van der Waals surface area (Å²) in [6.07, 6.45) is 2.25. The number of carboxylic acids is 1. The molecule has 0 unspecified atom stereocenters. The van der Waals surface area contributed by atoms with Crippen LogP contribution >= 0.6 is 15.9 Å². The molecule has 0 amide bonds. The standard InChI is InChI=1S/C11H13BrN2O2/c1-11(2,7-13)3-4-14-6-8(10(15)16)5-9(14)12/h5-6H,3-4H2,1-2H3,(H,15,16). The molecule has 86 valence electrons. The Morgan fingerprint density at radius 3 is 2.75 bits per heavy atom. The Morgan fingerprint density at radius 1 is 1.69 bits per heavy atom. The third-order valence-electron chi connectivity index (χ3n) is 2.37. The second-order valence-corrected chi connectivity index (χ2v) is 5.11. The molecule has 1 rings (SSSR count). The summed E-state index contributed by atoms with van der Waals surface area (Å²) in [6.45, 7) is 4.35. The van der Waals surface area contributed by atoms with E-state index in [1.165, 1.54) is 0 Å². The number of hydrogen-bond acceptors (Lipinski definition) is 2. The summed E-state index contributed by atoms with van der Waals surface area (Å²) in [5, 5.41) is 17.7. The first kappa shape index (κ1) is 12.8. The molecule has 0 saturated heterocycles. The highest BCUT2D eigenvalue weighted by atomic mass is 79.9. The van der Waals surface area contributed by atoms with Gasteiger partial charge in [-0.15, -0.1) is 0 Å². The van der Waals surface area contributed by atoms with Crippen LogP contribution in [0.5, 0.6) is 0 Å². The molecule has 1 heterocycles. The van der Waals surface area contributed by atoms with Crippen LogP contribution in [-0.2, 0) is 6.54 Å². The topological polar surface area (TPSA) is 66.0 Å². The molecule has 0 saturated carbocycles. The fraction of sp³-hybridized carbons (Fsp3) is 0.455. The largest absolute Gasteiger partial charge is 0.478 e. The molecule has 4 nitrogen and oxygen atoms in total. The fourth-order valence-electron chi connectivity index (χ4n) is 1.22. The number of aromatic nitrogens is 1. The van der Waals surface area contributed by atoms with Crippen molar-refractivity contribution in [1.29, 1.82) is 5.26 Å². The van der Waals surface area contributed by atoms with Crippen molar-refractivity contribution in [1.82, 2.24) is 4.57 Å². The number of aromatic carboxylic acids is 1. The molecule has 0 aromatic carbocycles. The Labute approximate surface area is 103 Å². The van der Waals surface area contributed by atoms with Crippen LogP contribution in [0.4, 0.5) is 0 Å². The average molecular weight is 285 g/mol. The molecular formula is C11H13BrN2O2. The molecule has 0 aliphatic carbocycles. The molecule has 0 aliphatic heterocycles. The van der Waals surface area contributed by atoms with E-state index in [2.05, 4.69) is 22.0 Å². The van der Waals surface area contributed by atoms with Gasteiger partial charge >= 0.3 is 5.97 Å². The van der Waals surface area contributed by atoms with E-state index in [-0.39, 0.29) is 5.56 Å². The van der Waals surface area contributed by atoms with Crippen molar-refractivity contribution in [2.45, 2.75) is 26.8 Å². The summed E-state index contributed by atoms with van der Waals surface area (Å²) in [5.41, 5.74) is -0.144. The Kier molecular flexibility index (Phi) is 3.76. The zero-order valence-corrected chi connectivity index (χ0v) is 10.8. The van der Waals surface area contributed by atoms with E-state index in [1.54, 1.807) is 16.8 Å². The summed E-state index contributed by atoms with van der Waals surface area (Å²) >= 11 is 3.29. The number of rotatable bonds is 4. The molecule has 1 aromatic rings. The molecule has 0 bridgehead atoms. The van der Waals surface area contributed by atoms with Gasteiger partial charge < -0.3 is 9.67 Å². The first-order valence-electron chi connectivity index (χ1n) is 4.86. The number of nitriles is 1. The molecule has 5 heteroatoms. The van der Waals surface area contributed by atoms with E-state index >= 15 is 0 Å². The molecule has 1 aromatic heterocycles. The summed E-state index contributed by atoms with van der Waals surface area (Å²) in [6, 6.07) is 3.77. The Balaban J connectivity index is 2.76. The molecule has 0 fully saturated rings. The van der Waals surface area contributed by atoms with Gasteiger partial charge in [0.2, 0.25) is 0 Å². The fourth-order valence-corrected chi connectivity index (χ4v) is 1.75. The van der Waals surface area contributed by atoms with Crippen molar-refractivity contribution in [3.63, 3.8) is 0 Å². The number of carbonyl (C=O) groups is 1. The number of hydrogen-bond donors (Lipinski definition) is 1. The highest BCUT2D eigenvalue weighted by Crippen LogP contribution is 2.22. The van der Waals surface area contributed by atoms with Gasteiger partial charge in [-0.25, -0.2) is 4.79 Å². The quantitative estimate of drug-likeness (QED) is 0.925. The summed E-state index contributed by atoms with van der Waals surface area (Å²) in [5.74, 6) is -0.945. The van der Waals surface area contributed by atoms with Gasteiger partial charge in [0.15, 0.2) is 0 Å². The van der Waals surface area contributed by atoms with E-state index in [4.69, 9.17) is 10.4 Å². The van der Waals surface area contributed by atoms with Crippen LogP contribution in [-0.4, -0.2) is 15.6 Å². The van der Waals surface area contributed by atoms with E-state index < -0.39 is 11.4 Å². The lowest BCUT2D eigenvalue weighted by molar-refractivity contribution is 0.0697.